The highest BCUT2D eigenvalue weighted by atomic mass is 15.3. The van der Waals surface area contributed by atoms with Crippen LogP contribution in [0.1, 0.15) is 5.56 Å². The van der Waals surface area contributed by atoms with E-state index in [1.165, 1.54) is 0 Å². The van der Waals surface area contributed by atoms with Crippen LogP contribution in [0.2, 0.25) is 0 Å². The highest BCUT2D eigenvalue weighted by Gasteiger charge is 2.08. The molecule has 0 N–H and O–H groups in total. The van der Waals surface area contributed by atoms with Crippen molar-refractivity contribution in [2.45, 2.75) is 0 Å². The monoisotopic (exact) mass is 176 g/mol. The number of hydrogen-bond donors (Lipinski definition) is 0. The summed E-state index contributed by atoms with van der Waals surface area (Å²) in [5.74, 6) is 0. The molecule has 0 radical (unpaired) electrons. The maximum atomic E-state index is 8.61. The third kappa shape index (κ3) is 3.26. The van der Waals surface area contributed by atoms with Gasteiger partial charge in [0.15, 0.2) is 0 Å². The minimum absolute atomic E-state index is 0.226. The van der Waals surface area contributed by atoms with Crippen LogP contribution in [0.25, 0.3) is 0 Å². The van der Waals surface area contributed by atoms with Gasteiger partial charge in [-0.15, -0.1) is 0 Å². The van der Waals surface area contributed by atoms with E-state index in [0.29, 0.717) is 0 Å². The molecule has 0 bridgehead atoms. The van der Waals surface area contributed by atoms with E-state index in [4.69, 9.17) is 5.26 Å². The molecule has 0 fully saturated rings. The summed E-state index contributed by atoms with van der Waals surface area (Å²) in [6, 6.07) is 5.83. The van der Waals surface area contributed by atoms with Crippen LogP contribution in [-0.4, -0.2) is 33.1 Å². The fraction of sp³-hybridized carbons (Fsp3) is 0.333. The average molecular weight is 176 g/mol. The maximum absolute atomic E-state index is 8.61. The van der Waals surface area contributed by atoms with Crippen LogP contribution in [0.5, 0.6) is 0 Å². The van der Waals surface area contributed by atoms with Gasteiger partial charge in [0.25, 0.3) is 0 Å². The molecule has 0 saturated heterocycles. The number of pyridine rings is 1. The van der Waals surface area contributed by atoms with E-state index >= 15 is 0 Å². The van der Waals surface area contributed by atoms with Crippen LogP contribution in [0.3, 0.4) is 0 Å². The second kappa shape index (κ2) is 3.59. The van der Waals surface area contributed by atoms with E-state index in [0.717, 1.165) is 9.96 Å². The van der Waals surface area contributed by atoms with Gasteiger partial charge in [-0.05, 0) is 0 Å². The molecule has 1 heterocycles. The van der Waals surface area contributed by atoms with Crippen molar-refractivity contribution in [3.8, 4) is 6.07 Å². The second-order valence-corrected chi connectivity index (χ2v) is 4.75. The van der Waals surface area contributed by atoms with Crippen molar-refractivity contribution in [2.75, 3.05) is 21.1 Å². The molecule has 4 heteroatoms. The number of nitrogens with zero attached hydrogens (tertiary/aromatic N) is 3. The van der Waals surface area contributed by atoms with Crippen LogP contribution in [0.4, 0.5) is 0 Å². The maximum Gasteiger partial charge on any atom is 0.456 e. The number of rotatable bonds is 2. The minimum atomic E-state index is -0.226. The molecule has 68 valence electrons. The van der Waals surface area contributed by atoms with E-state index < -0.39 is 0 Å². The first kappa shape index (κ1) is 9.75. The van der Waals surface area contributed by atoms with Crippen molar-refractivity contribution < 1.29 is 8.87 Å². The minimum Gasteiger partial charge on any atom is -0.465 e. The summed E-state index contributed by atoms with van der Waals surface area (Å²) >= 11 is 0. The molecule has 1 rings (SSSR count). The van der Waals surface area contributed by atoms with Crippen LogP contribution >= 0.6 is 0 Å². The summed E-state index contributed by atoms with van der Waals surface area (Å²) in [5.41, 5.74) is 0.726. The van der Waals surface area contributed by atoms with Gasteiger partial charge in [-0.3, -0.25) is 0 Å². The van der Waals surface area contributed by atoms with Crippen molar-refractivity contribution in [3.05, 3.63) is 30.1 Å². The molecule has 0 unspecified atom stereocenters. The smallest absolute Gasteiger partial charge is 0.456 e. The van der Waals surface area contributed by atoms with Gasteiger partial charge in [0.2, 0.25) is 0 Å². The van der Waals surface area contributed by atoms with E-state index in [1.54, 1.807) is 0 Å². The van der Waals surface area contributed by atoms with Crippen molar-refractivity contribution in [1.29, 1.82) is 5.26 Å². The molecular weight excluding hydrogens is 161 g/mol. The Labute approximate surface area is 79.7 Å². The largest absolute Gasteiger partial charge is 0.465 e. The van der Waals surface area contributed by atoms with E-state index in [-0.39, 0.29) is 7.55 Å². The lowest BCUT2D eigenvalue weighted by atomic mass is 10.1. The van der Waals surface area contributed by atoms with E-state index in [9.17, 15) is 0 Å². The lowest BCUT2D eigenvalue weighted by Gasteiger charge is -2.28. The second-order valence-electron chi connectivity index (χ2n) is 4.75. The third-order valence-corrected chi connectivity index (χ3v) is 1.94. The summed E-state index contributed by atoms with van der Waals surface area (Å²) in [6.07, 6.45) is 3.98. The molecule has 0 amide bonds. The predicted molar refractivity (Wildman–Crippen MR) is 53.3 cm³/mol. The molecule has 0 spiro atoms. The fourth-order valence-corrected chi connectivity index (χ4v) is 1.40. The molecule has 13 heavy (non-hydrogen) atoms. The normalized spacial score (nSPS) is 10.9. The Balaban J connectivity index is 2.77. The molecule has 0 saturated carbocycles. The van der Waals surface area contributed by atoms with Gasteiger partial charge in [-0.2, -0.15) is 5.26 Å². The Morgan fingerprint density at radius 3 is 2.23 bits per heavy atom. The van der Waals surface area contributed by atoms with Gasteiger partial charge in [0, 0.05) is 33.3 Å². The fourth-order valence-electron chi connectivity index (χ4n) is 1.40. The molecule has 0 aliphatic rings. The zero-order chi connectivity index (χ0) is 9.90. The molecule has 0 aromatic carbocycles. The predicted octanol–water partition coefficient (Wildman–Crippen LogP) is -0.601. The highest BCUT2D eigenvalue weighted by molar-refractivity contribution is 6.13. The SMILES string of the molecule is C[N+](C)(C)[BH2-][n+]1ccc(C#N)cc1. The Morgan fingerprint density at radius 2 is 1.85 bits per heavy atom. The quantitative estimate of drug-likeness (QED) is 0.553. The Kier molecular flexibility index (Phi) is 2.69. The first-order valence-corrected chi connectivity index (χ1v) is 4.47. The van der Waals surface area contributed by atoms with Gasteiger partial charge in [-0.1, -0.05) is 0 Å². The third-order valence-electron chi connectivity index (χ3n) is 1.94. The highest BCUT2D eigenvalue weighted by Crippen LogP contribution is 1.91. The summed E-state index contributed by atoms with van der Waals surface area (Å²) < 4.78 is 3.19. The van der Waals surface area contributed by atoms with Gasteiger partial charge in [-0.25, -0.2) is 0 Å². The molecule has 3 nitrogen and oxygen atoms in total. The molecule has 1 aromatic rings. The molecular formula is C9H15BN3+. The number of hydrogen-bond acceptors (Lipinski definition) is 1. The zero-order valence-corrected chi connectivity index (χ0v) is 8.65. The number of nitriles is 1. The van der Waals surface area contributed by atoms with Crippen LogP contribution in [0, 0.1) is 11.3 Å². The molecule has 1 aromatic heterocycles. The molecule has 0 atom stereocenters. The average Bonchev–Trinajstić information content (AvgIpc) is 2.03. The van der Waals surface area contributed by atoms with Crippen LogP contribution in [-0.2, 0) is 0 Å². The van der Waals surface area contributed by atoms with Crippen molar-refractivity contribution in [2.24, 2.45) is 0 Å². The van der Waals surface area contributed by atoms with E-state index in [1.807, 2.05) is 24.5 Å². The van der Waals surface area contributed by atoms with Crippen molar-refractivity contribution in [1.82, 2.24) is 0 Å². The van der Waals surface area contributed by atoms with Gasteiger partial charge >= 0.3 is 7.55 Å². The van der Waals surface area contributed by atoms with E-state index in [2.05, 4.69) is 31.7 Å². The van der Waals surface area contributed by atoms with Crippen molar-refractivity contribution in [3.63, 3.8) is 0 Å². The lowest BCUT2D eigenvalue weighted by molar-refractivity contribution is -0.807. The van der Waals surface area contributed by atoms with Gasteiger partial charge in [0.05, 0.1) is 11.6 Å². The standard InChI is InChI=1S/C9H15BN3/c1-13(2,3)10-12-6-4-9(8-11)5-7-12/h4-7H,10H2,1-3H3/q+1. The lowest BCUT2D eigenvalue weighted by Crippen LogP contribution is -2.56. The molecule has 0 aliphatic carbocycles. The Morgan fingerprint density at radius 1 is 1.31 bits per heavy atom. The van der Waals surface area contributed by atoms with Crippen LogP contribution in [0.15, 0.2) is 24.5 Å². The Bertz CT molecular complexity index is 318. The van der Waals surface area contributed by atoms with Crippen LogP contribution < -0.4 is 4.48 Å². The summed E-state index contributed by atoms with van der Waals surface area (Å²) in [4.78, 5) is 0. The first-order valence-electron chi connectivity index (χ1n) is 4.47. The summed E-state index contributed by atoms with van der Waals surface area (Å²) in [5, 5.41) is 8.61. The number of aromatic nitrogens is 1. The first-order chi connectivity index (χ1) is 6.01. The summed E-state index contributed by atoms with van der Waals surface area (Å²) in [7, 11) is 6.33. The van der Waals surface area contributed by atoms with Gasteiger partial charge < -0.3 is 8.87 Å². The van der Waals surface area contributed by atoms with Crippen molar-refractivity contribution >= 4 is 7.55 Å². The van der Waals surface area contributed by atoms with Gasteiger partial charge in [0.1, 0.15) is 12.4 Å². The Hall–Kier alpha value is -1.34. The summed E-state index contributed by atoms with van der Waals surface area (Å²) in [6.45, 7) is 0. The zero-order valence-electron chi connectivity index (χ0n) is 8.65. The number of quaternary nitrogens is 1. The molecule has 0 aliphatic heterocycles. The topological polar surface area (TPSA) is 27.7 Å².